The van der Waals surface area contributed by atoms with Crippen LogP contribution in [0.25, 0.3) is 0 Å². The third kappa shape index (κ3) is 5.29. The van der Waals surface area contributed by atoms with Crippen LogP contribution in [0.2, 0.25) is 10.0 Å². The van der Waals surface area contributed by atoms with E-state index >= 15 is 0 Å². The summed E-state index contributed by atoms with van der Waals surface area (Å²) in [6.07, 6.45) is 0. The van der Waals surface area contributed by atoms with Crippen LogP contribution in [0.3, 0.4) is 0 Å². The number of primary amides is 1. The third-order valence-electron chi connectivity index (χ3n) is 2.44. The first-order valence-electron chi connectivity index (χ1n) is 6.69. The maximum absolute atomic E-state index is 12.5. The van der Waals surface area contributed by atoms with E-state index in [1.54, 1.807) is 0 Å². The molecule has 1 aromatic rings. The molecule has 11 heteroatoms. The zero-order chi connectivity index (χ0) is 18.3. The van der Waals surface area contributed by atoms with Crippen molar-refractivity contribution in [3.63, 3.8) is 0 Å². The molecule has 0 saturated carbocycles. The zero-order valence-electron chi connectivity index (χ0n) is 12.8. The van der Waals surface area contributed by atoms with Gasteiger partial charge in [-0.15, -0.1) is 0 Å². The summed E-state index contributed by atoms with van der Waals surface area (Å²) in [6, 6.07) is 4.04. The monoisotopic (exact) mass is 396 g/mol. The van der Waals surface area contributed by atoms with Crippen molar-refractivity contribution < 1.29 is 28.0 Å². The smallest absolute Gasteiger partial charge is 0.364 e. The summed E-state index contributed by atoms with van der Waals surface area (Å²) in [5.41, 5.74) is 4.23. The lowest BCUT2D eigenvalue weighted by Crippen LogP contribution is -2.26. The first-order valence-corrected chi connectivity index (χ1v) is 8.98. The fraction of sp³-hybridized carbons (Fsp3) is 0.308. The Morgan fingerprint density at radius 1 is 1.21 bits per heavy atom. The van der Waals surface area contributed by atoms with Crippen molar-refractivity contribution in [2.75, 3.05) is 13.2 Å². The van der Waals surface area contributed by atoms with Gasteiger partial charge < -0.3 is 19.6 Å². The van der Waals surface area contributed by atoms with Gasteiger partial charge in [-0.25, -0.2) is 4.79 Å². The highest BCUT2D eigenvalue weighted by Gasteiger charge is 2.37. The minimum atomic E-state index is -4.11. The van der Waals surface area contributed by atoms with Crippen molar-refractivity contribution in [3.05, 3.63) is 33.8 Å². The van der Waals surface area contributed by atoms with Crippen molar-refractivity contribution in [1.82, 2.24) is 0 Å². The molecule has 1 amide bonds. The highest BCUT2D eigenvalue weighted by atomic mass is 35.5. The first-order chi connectivity index (χ1) is 11.2. The Labute approximate surface area is 148 Å². The second-order valence-corrected chi connectivity index (χ2v) is 6.89. The number of hydrogen-bond acceptors (Lipinski definition) is 7. The van der Waals surface area contributed by atoms with Crippen LogP contribution in [0.15, 0.2) is 23.4 Å². The fourth-order valence-corrected chi connectivity index (χ4v) is 3.41. The Hall–Kier alpha value is -1.44. The Bertz CT molecular complexity index is 700. The lowest BCUT2D eigenvalue weighted by Gasteiger charge is -2.16. The molecule has 1 aromatic carbocycles. The van der Waals surface area contributed by atoms with Crippen molar-refractivity contribution in [2.24, 2.45) is 10.9 Å². The molecule has 0 radical (unpaired) electrons. The second kappa shape index (κ2) is 9.15. The molecule has 1 rings (SSSR count). The molecular weight excluding hydrogens is 382 g/mol. The van der Waals surface area contributed by atoms with Gasteiger partial charge in [0.2, 0.25) is 0 Å². The molecule has 0 saturated heterocycles. The van der Waals surface area contributed by atoms with Crippen LogP contribution in [-0.2, 0) is 23.2 Å². The zero-order valence-corrected chi connectivity index (χ0v) is 15.2. The van der Waals surface area contributed by atoms with Crippen molar-refractivity contribution in [2.45, 2.75) is 13.8 Å². The molecule has 0 aliphatic carbocycles. The molecular formula is C13H15Cl2N2O6P. The number of oxime groups is 1. The Morgan fingerprint density at radius 2 is 1.79 bits per heavy atom. The topological polar surface area (TPSA) is 117 Å². The number of benzene rings is 1. The van der Waals surface area contributed by atoms with Crippen LogP contribution in [0.1, 0.15) is 24.2 Å². The lowest BCUT2D eigenvalue weighted by molar-refractivity contribution is -0.111. The van der Waals surface area contributed by atoms with Crippen molar-refractivity contribution in [1.29, 1.82) is 0 Å². The van der Waals surface area contributed by atoms with Gasteiger partial charge in [-0.2, -0.15) is 0 Å². The van der Waals surface area contributed by atoms with E-state index < -0.39 is 24.9 Å². The average molecular weight is 397 g/mol. The number of nitrogens with zero attached hydrogens (tertiary/aromatic N) is 1. The van der Waals surface area contributed by atoms with E-state index in [0.717, 1.165) is 0 Å². The van der Waals surface area contributed by atoms with Crippen LogP contribution in [0.4, 0.5) is 0 Å². The Kier molecular flexibility index (Phi) is 7.86. The third-order valence-corrected chi connectivity index (χ3v) is 5.01. The highest BCUT2D eigenvalue weighted by molar-refractivity contribution is 7.75. The molecule has 0 heterocycles. The van der Waals surface area contributed by atoms with Crippen LogP contribution in [0, 0.1) is 0 Å². The molecule has 0 bridgehead atoms. The molecule has 132 valence electrons. The summed E-state index contributed by atoms with van der Waals surface area (Å²) in [7, 11) is -4.11. The van der Waals surface area contributed by atoms with Gasteiger partial charge in [-0.05, 0) is 32.0 Å². The van der Waals surface area contributed by atoms with E-state index in [1.165, 1.54) is 32.0 Å². The predicted octanol–water partition coefficient (Wildman–Crippen LogP) is 3.22. The number of carbonyl (C=O) groups is 2. The maximum Gasteiger partial charge on any atom is 0.388 e. The summed E-state index contributed by atoms with van der Waals surface area (Å²) < 4.78 is 22.4. The van der Waals surface area contributed by atoms with Gasteiger partial charge in [0.25, 0.3) is 11.4 Å². The van der Waals surface area contributed by atoms with E-state index in [-0.39, 0.29) is 23.8 Å². The van der Waals surface area contributed by atoms with E-state index in [9.17, 15) is 14.2 Å². The lowest BCUT2D eigenvalue weighted by atomic mass is 10.2. The van der Waals surface area contributed by atoms with Crippen LogP contribution in [-0.4, -0.2) is 30.5 Å². The van der Waals surface area contributed by atoms with Gasteiger partial charge in [-0.1, -0.05) is 28.4 Å². The summed E-state index contributed by atoms with van der Waals surface area (Å²) in [5.74, 6) is -2.22. The molecule has 24 heavy (non-hydrogen) atoms. The van der Waals surface area contributed by atoms with Gasteiger partial charge in [0.1, 0.15) is 0 Å². The van der Waals surface area contributed by atoms with Crippen LogP contribution < -0.4 is 5.73 Å². The number of nitrogens with two attached hydrogens (primary N) is 1. The van der Waals surface area contributed by atoms with Gasteiger partial charge in [-0.3, -0.25) is 9.36 Å². The highest BCUT2D eigenvalue weighted by Crippen LogP contribution is 2.49. The molecule has 8 nitrogen and oxygen atoms in total. The second-order valence-electron chi connectivity index (χ2n) is 4.12. The van der Waals surface area contributed by atoms with Crippen LogP contribution >= 0.6 is 30.8 Å². The van der Waals surface area contributed by atoms with E-state index in [2.05, 4.69) is 9.99 Å². The van der Waals surface area contributed by atoms with E-state index in [1.807, 2.05) is 0 Å². The fourth-order valence-electron chi connectivity index (χ4n) is 1.52. The Balaban J connectivity index is 3.11. The van der Waals surface area contributed by atoms with Crippen molar-refractivity contribution in [3.8, 4) is 0 Å². The summed E-state index contributed by atoms with van der Waals surface area (Å²) in [6.45, 7) is 2.98. The minimum Gasteiger partial charge on any atom is -0.364 e. The van der Waals surface area contributed by atoms with E-state index in [0.29, 0.717) is 5.02 Å². The van der Waals surface area contributed by atoms with Gasteiger partial charge >= 0.3 is 13.6 Å². The molecule has 0 fully saturated rings. The minimum absolute atomic E-state index is 0.0149. The molecule has 0 aromatic heterocycles. The molecule has 0 aliphatic rings. The van der Waals surface area contributed by atoms with Gasteiger partial charge in [0.15, 0.2) is 0 Å². The molecule has 2 N–H and O–H groups in total. The predicted molar refractivity (Wildman–Crippen MR) is 89.4 cm³/mol. The van der Waals surface area contributed by atoms with Crippen molar-refractivity contribution >= 4 is 48.1 Å². The number of hydrogen-bond donors (Lipinski definition) is 1. The van der Waals surface area contributed by atoms with Gasteiger partial charge in [0.05, 0.1) is 23.8 Å². The largest absolute Gasteiger partial charge is 0.388 e. The summed E-state index contributed by atoms with van der Waals surface area (Å²) >= 11 is 11.6. The Morgan fingerprint density at radius 3 is 2.25 bits per heavy atom. The summed E-state index contributed by atoms with van der Waals surface area (Å²) in [4.78, 5) is 28.0. The van der Waals surface area contributed by atoms with E-state index in [4.69, 9.17) is 38.0 Å². The molecule has 0 atom stereocenters. The number of halogens is 2. The molecule has 0 aliphatic heterocycles. The molecule has 0 unspecified atom stereocenters. The first kappa shape index (κ1) is 20.6. The standard InChI is InChI=1S/C13H15Cl2N2O6P/c1-3-21-24(20,22-4-2)12(11(16)18)17-23-13(19)9-6-5-8(14)7-10(9)15/h5-7H,3-4H2,1-2H3,(H2,16,18)/b17-12-. The molecule has 0 spiro atoms. The summed E-state index contributed by atoms with van der Waals surface area (Å²) in [5, 5.41) is 3.59. The average Bonchev–Trinajstić information content (AvgIpc) is 2.47. The van der Waals surface area contributed by atoms with Crippen LogP contribution in [0.5, 0.6) is 0 Å². The quantitative estimate of drug-likeness (QED) is 0.312. The normalized spacial score (nSPS) is 12.1. The maximum atomic E-state index is 12.5. The number of rotatable bonds is 8. The number of amides is 1. The SMILES string of the molecule is CCOP(=O)(OCC)/C(=N\OC(=O)c1ccc(Cl)cc1Cl)C(N)=O. The van der Waals surface area contributed by atoms with Gasteiger partial charge in [0, 0.05) is 5.02 Å². The number of carbonyl (C=O) groups excluding carboxylic acids is 2.